The Balaban J connectivity index is 1.94. The van der Waals surface area contributed by atoms with Crippen molar-refractivity contribution >= 4 is 10.0 Å². The molecule has 1 aromatic rings. The lowest BCUT2D eigenvalue weighted by molar-refractivity contribution is -0.110. The van der Waals surface area contributed by atoms with Gasteiger partial charge in [0.2, 0.25) is 10.0 Å². The van der Waals surface area contributed by atoms with E-state index in [1.807, 2.05) is 18.2 Å². The molecule has 2 heterocycles. The third-order valence-electron chi connectivity index (χ3n) is 3.84. The van der Waals surface area contributed by atoms with Crippen LogP contribution in [0.25, 0.3) is 0 Å². The molecule has 122 valence electrons. The van der Waals surface area contributed by atoms with Gasteiger partial charge < -0.3 is 9.47 Å². The third-order valence-corrected chi connectivity index (χ3v) is 5.72. The summed E-state index contributed by atoms with van der Waals surface area (Å²) in [6, 6.07) is 5.11. The maximum Gasteiger partial charge on any atom is 0.218 e. The van der Waals surface area contributed by atoms with Crippen LogP contribution in [-0.4, -0.2) is 52.1 Å². The number of benzene rings is 1. The molecule has 3 rings (SSSR count). The van der Waals surface area contributed by atoms with Crippen LogP contribution >= 0.6 is 0 Å². The fourth-order valence-electron chi connectivity index (χ4n) is 2.83. The molecule has 0 bridgehead atoms. The maximum absolute atomic E-state index is 12.4. The van der Waals surface area contributed by atoms with Crippen LogP contribution in [0.4, 0.5) is 0 Å². The number of sulfonamides is 1. The summed E-state index contributed by atoms with van der Waals surface area (Å²) in [5.41, 5.74) is 0.829. The van der Waals surface area contributed by atoms with Crippen molar-refractivity contribution in [2.45, 2.75) is 18.2 Å². The number of nitrogens with zero attached hydrogens (tertiary/aromatic N) is 1. The van der Waals surface area contributed by atoms with Gasteiger partial charge in [-0.3, -0.25) is 4.84 Å². The molecule has 0 spiro atoms. The Labute approximate surface area is 130 Å². The van der Waals surface area contributed by atoms with Crippen molar-refractivity contribution < 1.29 is 22.7 Å². The molecule has 2 aliphatic heterocycles. The minimum absolute atomic E-state index is 0.130. The lowest BCUT2D eigenvalue weighted by Gasteiger charge is -2.25. The van der Waals surface area contributed by atoms with Gasteiger partial charge in [-0.15, -0.1) is 0 Å². The molecule has 8 heteroatoms. The zero-order valence-electron chi connectivity index (χ0n) is 12.6. The molecule has 2 aliphatic rings. The highest BCUT2D eigenvalue weighted by atomic mass is 32.2. The van der Waals surface area contributed by atoms with Crippen molar-refractivity contribution in [3.63, 3.8) is 0 Å². The summed E-state index contributed by atoms with van der Waals surface area (Å²) in [6.07, 6.45) is 0. The average molecular weight is 328 g/mol. The average Bonchev–Trinajstić information content (AvgIpc) is 2.89. The van der Waals surface area contributed by atoms with E-state index in [1.165, 1.54) is 0 Å². The fourth-order valence-corrected chi connectivity index (χ4v) is 4.36. The van der Waals surface area contributed by atoms with Crippen LogP contribution in [0.3, 0.4) is 0 Å². The lowest BCUT2D eigenvalue weighted by atomic mass is 10.0. The summed E-state index contributed by atoms with van der Waals surface area (Å²) in [5.74, 6) is 1.33. The number of ether oxygens (including phenoxy) is 2. The van der Waals surface area contributed by atoms with Crippen molar-refractivity contribution in [1.29, 1.82) is 0 Å². The highest BCUT2D eigenvalue weighted by molar-refractivity contribution is 7.90. The molecule has 0 amide bonds. The van der Waals surface area contributed by atoms with E-state index in [9.17, 15) is 8.42 Å². The van der Waals surface area contributed by atoms with Gasteiger partial charge in [0.1, 0.15) is 18.5 Å². The molecule has 0 aromatic heterocycles. The first-order valence-corrected chi connectivity index (χ1v) is 8.81. The Bertz CT molecular complexity index is 649. The van der Waals surface area contributed by atoms with E-state index in [4.69, 9.17) is 14.3 Å². The largest absolute Gasteiger partial charge is 0.486 e. The van der Waals surface area contributed by atoms with E-state index in [-0.39, 0.29) is 12.6 Å². The van der Waals surface area contributed by atoms with E-state index < -0.39 is 15.3 Å². The molecule has 22 heavy (non-hydrogen) atoms. The second kappa shape index (κ2) is 6.04. The molecule has 1 N–H and O–H groups in total. The van der Waals surface area contributed by atoms with Gasteiger partial charge in [0.15, 0.2) is 11.5 Å². The number of hydroxylamine groups is 2. The Kier molecular flexibility index (Phi) is 4.26. The summed E-state index contributed by atoms with van der Waals surface area (Å²) >= 11 is 0. The number of rotatable bonds is 4. The van der Waals surface area contributed by atoms with E-state index >= 15 is 0 Å². The maximum atomic E-state index is 12.4. The van der Waals surface area contributed by atoms with E-state index in [1.54, 1.807) is 19.0 Å². The number of hydrogen-bond acceptors (Lipinski definition) is 6. The molecule has 1 fully saturated rings. The summed E-state index contributed by atoms with van der Waals surface area (Å²) in [6.45, 7) is 3.26. The second-order valence-electron chi connectivity index (χ2n) is 5.27. The predicted molar refractivity (Wildman–Crippen MR) is 80.3 cm³/mol. The summed E-state index contributed by atoms with van der Waals surface area (Å²) < 4.78 is 38.4. The van der Waals surface area contributed by atoms with Crippen LogP contribution in [0, 0.1) is 0 Å². The highest BCUT2D eigenvalue weighted by Crippen LogP contribution is 2.38. The molecule has 2 atom stereocenters. The Hall–Kier alpha value is -1.35. The topological polar surface area (TPSA) is 77.1 Å². The van der Waals surface area contributed by atoms with Crippen LogP contribution in [-0.2, 0) is 14.9 Å². The van der Waals surface area contributed by atoms with Crippen molar-refractivity contribution in [3.8, 4) is 11.5 Å². The van der Waals surface area contributed by atoms with Gasteiger partial charge in [-0.05, 0) is 17.7 Å². The van der Waals surface area contributed by atoms with E-state index in [0.717, 1.165) is 5.56 Å². The number of nitrogens with one attached hydrogen (secondary N) is 1. The molecule has 0 radical (unpaired) electrons. The van der Waals surface area contributed by atoms with Crippen molar-refractivity contribution in [1.82, 2.24) is 9.79 Å². The van der Waals surface area contributed by atoms with Crippen molar-refractivity contribution in [3.05, 3.63) is 23.8 Å². The van der Waals surface area contributed by atoms with Crippen LogP contribution in [0.2, 0.25) is 0 Å². The van der Waals surface area contributed by atoms with Gasteiger partial charge in [-0.25, -0.2) is 13.1 Å². The molecule has 1 saturated heterocycles. The quantitative estimate of drug-likeness (QED) is 0.876. The third kappa shape index (κ3) is 2.79. The van der Waals surface area contributed by atoms with Crippen LogP contribution < -0.4 is 14.2 Å². The smallest absolute Gasteiger partial charge is 0.218 e. The van der Waals surface area contributed by atoms with Gasteiger partial charge in [-0.1, -0.05) is 13.0 Å². The lowest BCUT2D eigenvalue weighted by Crippen LogP contribution is -2.39. The summed E-state index contributed by atoms with van der Waals surface area (Å²) in [4.78, 5) is 5.45. The summed E-state index contributed by atoms with van der Waals surface area (Å²) in [7, 11) is -1.71. The SMILES string of the molecule is CCNS(=O)(=O)C1CON(C)C1c1ccc2c(c1)OCCO2. The first-order chi connectivity index (χ1) is 10.5. The van der Waals surface area contributed by atoms with Crippen molar-refractivity contribution in [2.75, 3.05) is 33.4 Å². The fraction of sp³-hybridized carbons (Fsp3) is 0.571. The Morgan fingerprint density at radius 2 is 2.00 bits per heavy atom. The minimum Gasteiger partial charge on any atom is -0.486 e. The van der Waals surface area contributed by atoms with Gasteiger partial charge in [0.25, 0.3) is 0 Å². The first-order valence-electron chi connectivity index (χ1n) is 7.26. The van der Waals surface area contributed by atoms with Crippen LogP contribution in [0.15, 0.2) is 18.2 Å². The Morgan fingerprint density at radius 1 is 1.27 bits per heavy atom. The zero-order valence-corrected chi connectivity index (χ0v) is 13.4. The predicted octanol–water partition coefficient (Wildman–Crippen LogP) is 0.684. The van der Waals surface area contributed by atoms with Gasteiger partial charge >= 0.3 is 0 Å². The standard InChI is InChI=1S/C14H20N2O5S/c1-3-15-22(17,18)13-9-21-16(2)14(13)10-4-5-11-12(8-10)20-7-6-19-11/h4-5,8,13-15H,3,6-7,9H2,1-2H3. The van der Waals surface area contributed by atoms with Crippen LogP contribution in [0.5, 0.6) is 11.5 Å². The number of hydrogen-bond donors (Lipinski definition) is 1. The minimum atomic E-state index is -3.45. The normalized spacial score (nSPS) is 25.4. The molecule has 0 saturated carbocycles. The monoisotopic (exact) mass is 328 g/mol. The van der Waals surface area contributed by atoms with E-state index in [2.05, 4.69) is 4.72 Å². The molecular formula is C14H20N2O5S. The Morgan fingerprint density at radius 3 is 2.73 bits per heavy atom. The first kappa shape index (κ1) is 15.5. The zero-order chi connectivity index (χ0) is 15.7. The van der Waals surface area contributed by atoms with Crippen LogP contribution in [0.1, 0.15) is 18.5 Å². The molecule has 2 unspecified atom stereocenters. The molecule has 7 nitrogen and oxygen atoms in total. The van der Waals surface area contributed by atoms with Gasteiger partial charge in [-0.2, -0.15) is 5.06 Å². The highest BCUT2D eigenvalue weighted by Gasteiger charge is 2.43. The van der Waals surface area contributed by atoms with Gasteiger partial charge in [0, 0.05) is 13.6 Å². The molecule has 1 aromatic carbocycles. The van der Waals surface area contributed by atoms with Gasteiger partial charge in [0.05, 0.1) is 12.6 Å². The second-order valence-corrected chi connectivity index (χ2v) is 7.26. The summed E-state index contributed by atoms with van der Waals surface area (Å²) in [5, 5.41) is 0.922. The molecular weight excluding hydrogens is 308 g/mol. The number of fused-ring (bicyclic) bond motifs is 1. The van der Waals surface area contributed by atoms with Crippen molar-refractivity contribution in [2.24, 2.45) is 0 Å². The van der Waals surface area contributed by atoms with E-state index in [0.29, 0.717) is 31.3 Å². The molecule has 0 aliphatic carbocycles.